The minimum atomic E-state index is -0.910. The van der Waals surface area contributed by atoms with E-state index < -0.39 is 17.8 Å². The molecule has 3 rings (SSSR count). The molecule has 118 valence electrons. The lowest BCUT2D eigenvalue weighted by Crippen LogP contribution is -2.48. The quantitative estimate of drug-likeness (QED) is 0.736. The third-order valence-corrected chi connectivity index (χ3v) is 5.66. The second-order valence-corrected chi connectivity index (χ2v) is 7.23. The number of hydrazine groups is 1. The number of carboxylic acid groups (broad SMARTS) is 1. The Morgan fingerprint density at radius 1 is 1.18 bits per heavy atom. The van der Waals surface area contributed by atoms with Crippen LogP contribution < -0.4 is 10.9 Å². The van der Waals surface area contributed by atoms with Gasteiger partial charge in [0.05, 0.1) is 17.4 Å². The lowest BCUT2D eigenvalue weighted by molar-refractivity contribution is -0.149. The van der Waals surface area contributed by atoms with Gasteiger partial charge in [-0.25, -0.2) is 0 Å². The first-order valence-corrected chi connectivity index (χ1v) is 8.23. The van der Waals surface area contributed by atoms with Crippen molar-refractivity contribution in [2.24, 2.45) is 23.7 Å². The first-order valence-electron chi connectivity index (χ1n) is 7.35. The molecule has 0 radical (unpaired) electrons. The summed E-state index contributed by atoms with van der Waals surface area (Å²) in [6, 6.07) is 1.74. The molecule has 3 N–H and O–H groups in total. The Morgan fingerprint density at radius 2 is 1.86 bits per heavy atom. The molecule has 1 aromatic rings. The first-order chi connectivity index (χ1) is 10.5. The molecule has 0 saturated heterocycles. The van der Waals surface area contributed by atoms with Gasteiger partial charge in [-0.15, -0.1) is 11.3 Å². The second-order valence-electron chi connectivity index (χ2n) is 6.11. The first kappa shape index (κ1) is 15.0. The number of carbonyl (C=O) groups is 3. The summed E-state index contributed by atoms with van der Waals surface area (Å²) in [5.41, 5.74) is 5.28. The lowest BCUT2D eigenvalue weighted by atomic mass is 9.79. The predicted molar refractivity (Wildman–Crippen MR) is 80.1 cm³/mol. The number of thiophene rings is 1. The molecule has 0 unspecified atom stereocenters. The summed E-state index contributed by atoms with van der Waals surface area (Å²) in [6.07, 6.45) is 2.57. The monoisotopic (exact) mass is 322 g/mol. The number of hydrogen-bond donors (Lipinski definition) is 3. The maximum Gasteiger partial charge on any atom is 0.307 e. The highest BCUT2D eigenvalue weighted by Crippen LogP contribution is 2.52. The number of rotatable bonds is 3. The Kier molecular flexibility index (Phi) is 3.90. The van der Waals surface area contributed by atoms with Crippen molar-refractivity contribution in [2.45, 2.75) is 26.2 Å². The van der Waals surface area contributed by atoms with Crippen LogP contribution in [0.15, 0.2) is 11.4 Å². The van der Waals surface area contributed by atoms with Gasteiger partial charge in [-0.05, 0) is 44.1 Å². The Labute approximate surface area is 131 Å². The van der Waals surface area contributed by atoms with Crippen LogP contribution in [0.4, 0.5) is 0 Å². The van der Waals surface area contributed by atoms with E-state index in [0.717, 1.165) is 24.1 Å². The van der Waals surface area contributed by atoms with Gasteiger partial charge in [0, 0.05) is 10.3 Å². The van der Waals surface area contributed by atoms with Crippen LogP contribution in [0, 0.1) is 30.6 Å². The van der Waals surface area contributed by atoms with Crippen molar-refractivity contribution in [3.63, 3.8) is 0 Å². The molecule has 0 aliphatic heterocycles. The van der Waals surface area contributed by atoms with Crippen molar-refractivity contribution in [1.29, 1.82) is 0 Å². The van der Waals surface area contributed by atoms with Crippen LogP contribution in [0.1, 0.15) is 34.5 Å². The standard InChI is InChI=1S/C15H18N2O4S/c1-7-4-10(6-22-7)13(18)16-17-14(19)11-8-2-3-9(5-8)12(11)15(20)21/h4,6,8-9,11-12H,2-3,5H2,1H3,(H,16,18)(H,17,19)(H,20,21)/t8-,9+,11-,12+/m1/s1. The van der Waals surface area contributed by atoms with E-state index in [0.29, 0.717) is 5.56 Å². The number of nitrogens with one attached hydrogen (secondary N) is 2. The summed E-state index contributed by atoms with van der Waals surface area (Å²) in [5, 5.41) is 11.1. The van der Waals surface area contributed by atoms with Gasteiger partial charge in [-0.3, -0.25) is 25.2 Å². The molecule has 2 aliphatic carbocycles. The zero-order valence-corrected chi connectivity index (χ0v) is 13.0. The molecule has 2 amide bonds. The fraction of sp³-hybridized carbons (Fsp3) is 0.533. The van der Waals surface area contributed by atoms with Gasteiger partial charge >= 0.3 is 5.97 Å². The minimum absolute atomic E-state index is 0.0912. The number of aryl methyl sites for hydroxylation is 1. The van der Waals surface area contributed by atoms with Gasteiger partial charge in [0.15, 0.2) is 0 Å². The molecule has 0 aromatic carbocycles. The Balaban J connectivity index is 1.62. The maximum atomic E-state index is 12.3. The Bertz CT molecular complexity index is 627. The van der Waals surface area contributed by atoms with Crippen molar-refractivity contribution in [3.8, 4) is 0 Å². The fourth-order valence-corrected chi connectivity index (χ4v) is 4.54. The van der Waals surface area contributed by atoms with E-state index in [4.69, 9.17) is 0 Å². The number of carboxylic acids is 1. The number of amides is 2. The zero-order valence-electron chi connectivity index (χ0n) is 12.2. The largest absolute Gasteiger partial charge is 0.481 e. The van der Waals surface area contributed by atoms with Crippen LogP contribution in [0.25, 0.3) is 0 Å². The third kappa shape index (κ3) is 2.61. The third-order valence-electron chi connectivity index (χ3n) is 4.80. The number of aliphatic carboxylic acids is 1. The van der Waals surface area contributed by atoms with Crippen LogP contribution in [0.3, 0.4) is 0 Å². The van der Waals surface area contributed by atoms with Crippen LogP contribution in [-0.4, -0.2) is 22.9 Å². The van der Waals surface area contributed by atoms with E-state index in [9.17, 15) is 19.5 Å². The Hall–Kier alpha value is -1.89. The van der Waals surface area contributed by atoms with E-state index in [1.54, 1.807) is 11.4 Å². The summed E-state index contributed by atoms with van der Waals surface area (Å²) in [4.78, 5) is 36.6. The summed E-state index contributed by atoms with van der Waals surface area (Å²) in [5.74, 6) is -2.64. The van der Waals surface area contributed by atoms with E-state index in [1.807, 2.05) is 6.92 Å². The van der Waals surface area contributed by atoms with Gasteiger partial charge in [0.25, 0.3) is 5.91 Å². The molecule has 7 heteroatoms. The smallest absolute Gasteiger partial charge is 0.307 e. The number of fused-ring (bicyclic) bond motifs is 2. The van der Waals surface area contributed by atoms with Crippen LogP contribution in [0.2, 0.25) is 0 Å². The van der Waals surface area contributed by atoms with Gasteiger partial charge in [-0.2, -0.15) is 0 Å². The highest BCUT2D eigenvalue weighted by Gasteiger charge is 2.54. The van der Waals surface area contributed by atoms with E-state index >= 15 is 0 Å². The highest BCUT2D eigenvalue weighted by atomic mass is 32.1. The van der Waals surface area contributed by atoms with Crippen molar-refractivity contribution in [2.75, 3.05) is 0 Å². The average molecular weight is 322 g/mol. The van der Waals surface area contributed by atoms with Gasteiger partial charge < -0.3 is 5.11 Å². The zero-order chi connectivity index (χ0) is 15.9. The fourth-order valence-electron chi connectivity index (χ4n) is 3.86. The molecule has 22 heavy (non-hydrogen) atoms. The molecule has 2 aliphatic rings. The second kappa shape index (κ2) is 5.72. The SMILES string of the molecule is Cc1cc(C(=O)NNC(=O)[C@@H]2[C@@H]3CC[C@@H](C3)[C@@H]2C(=O)O)cs1. The molecule has 2 bridgehead atoms. The lowest BCUT2D eigenvalue weighted by Gasteiger charge is -2.26. The van der Waals surface area contributed by atoms with Crippen molar-refractivity contribution in [3.05, 3.63) is 21.9 Å². The van der Waals surface area contributed by atoms with E-state index in [2.05, 4.69) is 10.9 Å². The van der Waals surface area contributed by atoms with Gasteiger partial charge in [-0.1, -0.05) is 0 Å². The van der Waals surface area contributed by atoms with Crippen LogP contribution in [-0.2, 0) is 9.59 Å². The normalized spacial score (nSPS) is 29.3. The van der Waals surface area contributed by atoms with E-state index in [1.165, 1.54) is 11.3 Å². The van der Waals surface area contributed by atoms with E-state index in [-0.39, 0.29) is 23.7 Å². The Morgan fingerprint density at radius 3 is 2.45 bits per heavy atom. The van der Waals surface area contributed by atoms with Crippen molar-refractivity contribution >= 4 is 29.1 Å². The topological polar surface area (TPSA) is 95.5 Å². The molecule has 1 heterocycles. The average Bonchev–Trinajstić information content (AvgIpc) is 3.18. The molecule has 2 fully saturated rings. The molecule has 4 atom stereocenters. The minimum Gasteiger partial charge on any atom is -0.481 e. The van der Waals surface area contributed by atoms with Gasteiger partial charge in [0.2, 0.25) is 5.91 Å². The summed E-state index contributed by atoms with van der Waals surface area (Å²) < 4.78 is 0. The summed E-state index contributed by atoms with van der Waals surface area (Å²) in [7, 11) is 0. The highest BCUT2D eigenvalue weighted by molar-refractivity contribution is 7.10. The summed E-state index contributed by atoms with van der Waals surface area (Å²) in [6.45, 7) is 1.90. The predicted octanol–water partition coefficient (Wildman–Crippen LogP) is 1.56. The maximum absolute atomic E-state index is 12.3. The number of hydrogen-bond acceptors (Lipinski definition) is 4. The molecular weight excluding hydrogens is 304 g/mol. The molecular formula is C15H18N2O4S. The molecule has 1 aromatic heterocycles. The van der Waals surface area contributed by atoms with Crippen LogP contribution >= 0.6 is 11.3 Å². The molecule has 2 saturated carbocycles. The van der Waals surface area contributed by atoms with Gasteiger partial charge in [0.1, 0.15) is 0 Å². The molecule has 6 nitrogen and oxygen atoms in total. The van der Waals surface area contributed by atoms with Crippen LogP contribution in [0.5, 0.6) is 0 Å². The van der Waals surface area contributed by atoms with Crippen molar-refractivity contribution < 1.29 is 19.5 Å². The van der Waals surface area contributed by atoms with Crippen molar-refractivity contribution in [1.82, 2.24) is 10.9 Å². The molecule has 0 spiro atoms. The number of carbonyl (C=O) groups excluding carboxylic acids is 2. The summed E-state index contributed by atoms with van der Waals surface area (Å²) >= 11 is 1.46.